The van der Waals surface area contributed by atoms with E-state index < -0.39 is 0 Å². The first kappa shape index (κ1) is 15.0. The lowest BCUT2D eigenvalue weighted by atomic mass is 9.85. The molecule has 1 aromatic rings. The third-order valence-electron chi connectivity index (χ3n) is 4.04. The Hall–Kier alpha value is -1.39. The van der Waals surface area contributed by atoms with Crippen molar-refractivity contribution in [3.63, 3.8) is 0 Å². The fourth-order valence-electron chi connectivity index (χ4n) is 2.33. The van der Waals surface area contributed by atoms with E-state index in [1.807, 2.05) is 24.3 Å². The molecule has 1 aliphatic heterocycles. The number of carbonyl (C=O) groups excluding carboxylic acids is 1. The smallest absolute Gasteiger partial charge is 0.227 e. The van der Waals surface area contributed by atoms with Gasteiger partial charge in [0.05, 0.1) is 0 Å². The summed E-state index contributed by atoms with van der Waals surface area (Å²) in [4.78, 5) is 12.1. The highest BCUT2D eigenvalue weighted by Crippen LogP contribution is 2.24. The molecular formula is C16H24N2O2. The zero-order chi connectivity index (χ0) is 14.6. The molecule has 0 atom stereocenters. The van der Waals surface area contributed by atoms with Crippen molar-refractivity contribution >= 4 is 11.6 Å². The molecule has 4 heteroatoms. The number of rotatable bonds is 4. The summed E-state index contributed by atoms with van der Waals surface area (Å²) in [5.74, 6) is 0.169. The van der Waals surface area contributed by atoms with Crippen LogP contribution in [0.25, 0.3) is 0 Å². The molecule has 2 rings (SSSR count). The second kappa shape index (κ2) is 6.37. The fourth-order valence-corrected chi connectivity index (χ4v) is 2.33. The molecular weight excluding hydrogens is 252 g/mol. The van der Waals surface area contributed by atoms with Gasteiger partial charge in [0.1, 0.15) is 0 Å². The molecule has 0 aliphatic carbocycles. The maximum atomic E-state index is 12.1. The molecule has 0 radical (unpaired) electrons. The Morgan fingerprint density at radius 2 is 1.90 bits per heavy atom. The van der Waals surface area contributed by atoms with Crippen molar-refractivity contribution in [2.75, 3.05) is 25.1 Å². The van der Waals surface area contributed by atoms with Crippen LogP contribution in [0.15, 0.2) is 24.3 Å². The average Bonchev–Trinajstić information content (AvgIpc) is 2.48. The maximum absolute atomic E-state index is 12.1. The highest BCUT2D eigenvalue weighted by molar-refractivity contribution is 5.92. The summed E-state index contributed by atoms with van der Waals surface area (Å²) in [7, 11) is 0. The molecule has 20 heavy (non-hydrogen) atoms. The Balaban J connectivity index is 1.98. The van der Waals surface area contributed by atoms with Crippen LogP contribution in [0.4, 0.5) is 5.69 Å². The van der Waals surface area contributed by atoms with Crippen LogP contribution in [0, 0.1) is 5.92 Å². The minimum Gasteiger partial charge on any atom is -0.381 e. The predicted octanol–water partition coefficient (Wildman–Crippen LogP) is 2.29. The monoisotopic (exact) mass is 276 g/mol. The predicted molar refractivity (Wildman–Crippen MR) is 80.7 cm³/mol. The highest BCUT2D eigenvalue weighted by atomic mass is 16.5. The molecule has 0 unspecified atom stereocenters. The van der Waals surface area contributed by atoms with E-state index in [2.05, 4.69) is 19.2 Å². The second-order valence-electron chi connectivity index (χ2n) is 6.04. The Kier molecular flexibility index (Phi) is 4.78. The van der Waals surface area contributed by atoms with Crippen molar-refractivity contribution in [1.29, 1.82) is 0 Å². The number of hydrogen-bond donors (Lipinski definition) is 2. The fraction of sp³-hybridized carbons (Fsp3) is 0.562. The first-order chi connectivity index (χ1) is 9.53. The summed E-state index contributed by atoms with van der Waals surface area (Å²) in [5.41, 5.74) is 7.76. The minimum absolute atomic E-state index is 0.0384. The van der Waals surface area contributed by atoms with Gasteiger partial charge in [-0.1, -0.05) is 26.0 Å². The van der Waals surface area contributed by atoms with Crippen molar-refractivity contribution in [2.24, 2.45) is 11.7 Å². The van der Waals surface area contributed by atoms with Gasteiger partial charge < -0.3 is 15.8 Å². The number of anilines is 1. The lowest BCUT2D eigenvalue weighted by molar-refractivity contribution is -0.122. The molecule has 1 heterocycles. The largest absolute Gasteiger partial charge is 0.381 e. The third kappa shape index (κ3) is 3.58. The van der Waals surface area contributed by atoms with Crippen LogP contribution < -0.4 is 11.1 Å². The van der Waals surface area contributed by atoms with Crippen LogP contribution in [0.1, 0.15) is 32.3 Å². The van der Waals surface area contributed by atoms with Crippen molar-refractivity contribution in [3.05, 3.63) is 29.8 Å². The third-order valence-corrected chi connectivity index (χ3v) is 4.04. The lowest BCUT2D eigenvalue weighted by Gasteiger charge is -2.24. The molecule has 0 aromatic heterocycles. The van der Waals surface area contributed by atoms with Gasteiger partial charge in [0.2, 0.25) is 5.91 Å². The van der Waals surface area contributed by atoms with Gasteiger partial charge in [-0.3, -0.25) is 4.79 Å². The average molecular weight is 276 g/mol. The molecule has 0 saturated carbocycles. The van der Waals surface area contributed by atoms with Gasteiger partial charge in [-0.2, -0.15) is 0 Å². The van der Waals surface area contributed by atoms with E-state index in [9.17, 15) is 4.79 Å². The zero-order valence-corrected chi connectivity index (χ0v) is 12.3. The number of ether oxygens (including phenoxy) is 1. The molecule has 1 aromatic carbocycles. The van der Waals surface area contributed by atoms with Crippen LogP contribution >= 0.6 is 0 Å². The van der Waals surface area contributed by atoms with E-state index >= 15 is 0 Å². The van der Waals surface area contributed by atoms with Crippen molar-refractivity contribution in [2.45, 2.75) is 32.1 Å². The summed E-state index contributed by atoms with van der Waals surface area (Å²) in [6, 6.07) is 7.97. The number of carbonyl (C=O) groups is 1. The van der Waals surface area contributed by atoms with E-state index in [4.69, 9.17) is 10.5 Å². The molecule has 1 amide bonds. The Labute approximate surface area is 120 Å². The van der Waals surface area contributed by atoms with Gasteiger partial charge in [-0.25, -0.2) is 0 Å². The number of benzene rings is 1. The van der Waals surface area contributed by atoms with Crippen molar-refractivity contribution in [3.8, 4) is 0 Å². The molecule has 0 bridgehead atoms. The molecule has 1 saturated heterocycles. The van der Waals surface area contributed by atoms with Gasteiger partial charge in [0.15, 0.2) is 0 Å². The number of hydrogen-bond acceptors (Lipinski definition) is 3. The van der Waals surface area contributed by atoms with Crippen LogP contribution in [0.2, 0.25) is 0 Å². The van der Waals surface area contributed by atoms with E-state index in [1.54, 1.807) is 0 Å². The molecule has 4 nitrogen and oxygen atoms in total. The van der Waals surface area contributed by atoms with Crippen molar-refractivity contribution in [1.82, 2.24) is 0 Å². The normalized spacial score (nSPS) is 16.9. The summed E-state index contributed by atoms with van der Waals surface area (Å²) in [6.07, 6.45) is 1.62. The molecule has 1 fully saturated rings. The van der Waals surface area contributed by atoms with E-state index in [1.165, 1.54) is 5.56 Å². The van der Waals surface area contributed by atoms with Crippen molar-refractivity contribution < 1.29 is 9.53 Å². The molecule has 1 aliphatic rings. The van der Waals surface area contributed by atoms with Crippen LogP contribution in [-0.2, 0) is 14.9 Å². The van der Waals surface area contributed by atoms with Crippen LogP contribution in [-0.4, -0.2) is 25.7 Å². The minimum atomic E-state index is -0.0384. The zero-order valence-electron chi connectivity index (χ0n) is 12.3. The summed E-state index contributed by atoms with van der Waals surface area (Å²) in [5, 5.41) is 2.98. The molecule has 110 valence electrons. The van der Waals surface area contributed by atoms with Gasteiger partial charge >= 0.3 is 0 Å². The van der Waals surface area contributed by atoms with Gasteiger partial charge in [-0.15, -0.1) is 0 Å². The van der Waals surface area contributed by atoms with E-state index in [0.717, 1.165) is 18.5 Å². The first-order valence-corrected chi connectivity index (χ1v) is 7.22. The summed E-state index contributed by atoms with van der Waals surface area (Å²) in [6.45, 7) is 6.19. The van der Waals surface area contributed by atoms with E-state index in [-0.39, 0.29) is 17.2 Å². The quantitative estimate of drug-likeness (QED) is 0.887. The standard InChI is InChI=1S/C16H24N2O2/c1-16(2,11-17)13-3-5-14(6-4-13)18-15(19)12-7-9-20-10-8-12/h3-6,12H,7-11,17H2,1-2H3,(H,18,19). The Morgan fingerprint density at radius 1 is 1.30 bits per heavy atom. The van der Waals surface area contributed by atoms with Gasteiger partial charge in [0.25, 0.3) is 0 Å². The van der Waals surface area contributed by atoms with Crippen LogP contribution in [0.3, 0.4) is 0 Å². The Bertz CT molecular complexity index is 448. The maximum Gasteiger partial charge on any atom is 0.227 e. The first-order valence-electron chi connectivity index (χ1n) is 7.22. The van der Waals surface area contributed by atoms with Gasteiger partial charge in [-0.05, 0) is 30.5 Å². The van der Waals surface area contributed by atoms with Crippen LogP contribution in [0.5, 0.6) is 0 Å². The summed E-state index contributed by atoms with van der Waals surface area (Å²) >= 11 is 0. The molecule has 0 spiro atoms. The SMILES string of the molecule is CC(C)(CN)c1ccc(NC(=O)C2CCOCC2)cc1. The number of amides is 1. The summed E-state index contributed by atoms with van der Waals surface area (Å²) < 4.78 is 5.27. The second-order valence-corrected chi connectivity index (χ2v) is 6.04. The molecule has 3 N–H and O–H groups in total. The number of nitrogens with one attached hydrogen (secondary N) is 1. The topological polar surface area (TPSA) is 64.3 Å². The van der Waals surface area contributed by atoms with Gasteiger partial charge in [0, 0.05) is 36.8 Å². The number of nitrogens with two attached hydrogens (primary N) is 1. The lowest BCUT2D eigenvalue weighted by Crippen LogP contribution is -2.29. The highest BCUT2D eigenvalue weighted by Gasteiger charge is 2.22. The van der Waals surface area contributed by atoms with E-state index in [0.29, 0.717) is 19.8 Å². The Morgan fingerprint density at radius 3 is 2.45 bits per heavy atom.